The summed E-state index contributed by atoms with van der Waals surface area (Å²) in [6, 6.07) is 26.2. The Balaban J connectivity index is 1.56. The van der Waals surface area contributed by atoms with Crippen LogP contribution in [0.15, 0.2) is 89.1 Å². The van der Waals surface area contributed by atoms with Gasteiger partial charge >= 0.3 is 0 Å². The molecular formula is C29H28N4O2S. The van der Waals surface area contributed by atoms with Crippen molar-refractivity contribution < 1.29 is 9.26 Å². The molecule has 1 aliphatic heterocycles. The highest BCUT2D eigenvalue weighted by Crippen LogP contribution is 2.38. The van der Waals surface area contributed by atoms with E-state index in [9.17, 15) is 0 Å². The number of rotatable bonds is 7. The number of thiocarbonyl (C=S) groups is 1. The zero-order valence-corrected chi connectivity index (χ0v) is 21.4. The van der Waals surface area contributed by atoms with Gasteiger partial charge in [-0.15, -0.1) is 0 Å². The lowest BCUT2D eigenvalue weighted by molar-refractivity contribution is 0.339. The average Bonchev–Trinajstić information content (AvgIpc) is 3.37. The van der Waals surface area contributed by atoms with Gasteiger partial charge in [-0.05, 0) is 56.2 Å². The normalized spacial score (nSPS) is 15.7. The van der Waals surface area contributed by atoms with Crippen LogP contribution in [0.25, 0.3) is 17.0 Å². The molecule has 6 nitrogen and oxygen atoms in total. The van der Waals surface area contributed by atoms with Crippen LogP contribution >= 0.6 is 12.2 Å². The lowest BCUT2D eigenvalue weighted by Crippen LogP contribution is -2.45. The number of allylic oxidation sites excluding steroid dienone is 1. The summed E-state index contributed by atoms with van der Waals surface area (Å²) in [7, 11) is 0. The van der Waals surface area contributed by atoms with Crippen molar-refractivity contribution in [2.45, 2.75) is 33.4 Å². The van der Waals surface area contributed by atoms with E-state index in [1.807, 2.05) is 67.6 Å². The van der Waals surface area contributed by atoms with Crippen molar-refractivity contribution in [2.24, 2.45) is 0 Å². The van der Waals surface area contributed by atoms with Gasteiger partial charge in [0, 0.05) is 11.3 Å². The van der Waals surface area contributed by atoms with Gasteiger partial charge in [0.05, 0.1) is 24.8 Å². The second-order valence-corrected chi connectivity index (χ2v) is 9.13. The number of nitrogens with zero attached hydrogens (tertiary/aromatic N) is 3. The van der Waals surface area contributed by atoms with Crippen LogP contribution in [0, 0.1) is 6.92 Å². The van der Waals surface area contributed by atoms with Crippen molar-refractivity contribution in [3.63, 3.8) is 0 Å². The number of hydrogen-bond donors (Lipinski definition) is 1. The Morgan fingerprint density at radius 3 is 2.53 bits per heavy atom. The van der Waals surface area contributed by atoms with Gasteiger partial charge in [0.2, 0.25) is 5.82 Å². The lowest BCUT2D eigenvalue weighted by Gasteiger charge is -2.37. The van der Waals surface area contributed by atoms with E-state index in [0.29, 0.717) is 30.0 Å². The van der Waals surface area contributed by atoms with E-state index in [0.717, 1.165) is 33.7 Å². The summed E-state index contributed by atoms with van der Waals surface area (Å²) in [5.41, 5.74) is 6.12. The largest absolute Gasteiger partial charge is 0.494 e. The molecule has 0 aliphatic carbocycles. The molecule has 0 radical (unpaired) electrons. The minimum atomic E-state index is -0.212. The summed E-state index contributed by atoms with van der Waals surface area (Å²) in [5.74, 6) is 1.87. The maximum Gasteiger partial charge on any atom is 0.258 e. The van der Waals surface area contributed by atoms with Crippen LogP contribution < -0.4 is 10.1 Å². The first-order valence-electron chi connectivity index (χ1n) is 12.0. The summed E-state index contributed by atoms with van der Waals surface area (Å²) in [5, 5.41) is 8.46. The fourth-order valence-electron chi connectivity index (χ4n) is 4.38. The standard InChI is InChI=1S/C29H28N4O2S/c1-4-34-24-12-8-9-21(17-24)18-33-20(3)25(26(30-29(33)36)22-10-6-5-7-11-22)28-31-27(32-35-28)23-15-13-19(2)14-16-23/h5-17,26H,4,18H2,1-3H3,(H,30,36). The van der Waals surface area contributed by atoms with Crippen LogP contribution in [0.2, 0.25) is 0 Å². The molecule has 0 saturated carbocycles. The molecule has 5 rings (SSSR count). The number of benzene rings is 3. The topological polar surface area (TPSA) is 63.4 Å². The minimum Gasteiger partial charge on any atom is -0.494 e. The molecule has 36 heavy (non-hydrogen) atoms. The Morgan fingerprint density at radius 1 is 1.00 bits per heavy atom. The molecule has 3 aromatic carbocycles. The first-order chi connectivity index (χ1) is 17.5. The van der Waals surface area contributed by atoms with E-state index in [-0.39, 0.29) is 6.04 Å². The fraction of sp³-hybridized carbons (Fsp3) is 0.207. The summed E-state index contributed by atoms with van der Waals surface area (Å²) in [6.07, 6.45) is 0. The third kappa shape index (κ3) is 4.88. The first kappa shape index (κ1) is 23.8. The summed E-state index contributed by atoms with van der Waals surface area (Å²) < 4.78 is 11.5. The zero-order chi connectivity index (χ0) is 25.1. The molecule has 0 spiro atoms. The number of aryl methyl sites for hydroxylation is 1. The van der Waals surface area contributed by atoms with E-state index in [1.165, 1.54) is 5.56 Å². The third-order valence-electron chi connectivity index (χ3n) is 6.25. The minimum absolute atomic E-state index is 0.212. The van der Waals surface area contributed by atoms with Crippen molar-refractivity contribution in [3.05, 3.63) is 107 Å². The molecule has 1 atom stereocenters. The number of nitrogens with one attached hydrogen (secondary N) is 1. The van der Waals surface area contributed by atoms with Crippen molar-refractivity contribution in [1.82, 2.24) is 20.4 Å². The maximum absolute atomic E-state index is 5.85. The molecule has 4 aromatic rings. The Hall–Kier alpha value is -3.97. The van der Waals surface area contributed by atoms with Crippen molar-refractivity contribution in [3.8, 4) is 17.1 Å². The molecule has 1 aromatic heterocycles. The predicted octanol–water partition coefficient (Wildman–Crippen LogP) is 6.31. The molecule has 7 heteroatoms. The molecule has 0 bridgehead atoms. The van der Waals surface area contributed by atoms with Crippen molar-refractivity contribution in [1.29, 1.82) is 0 Å². The average molecular weight is 497 g/mol. The molecular weight excluding hydrogens is 468 g/mol. The van der Waals surface area contributed by atoms with Gasteiger partial charge < -0.3 is 19.5 Å². The maximum atomic E-state index is 5.85. The van der Waals surface area contributed by atoms with Gasteiger partial charge in [-0.3, -0.25) is 0 Å². The van der Waals surface area contributed by atoms with Gasteiger partial charge in [0.25, 0.3) is 5.89 Å². The predicted molar refractivity (Wildman–Crippen MR) is 145 cm³/mol. The Bertz CT molecular complexity index is 1400. The quantitative estimate of drug-likeness (QED) is 0.301. The van der Waals surface area contributed by atoms with E-state index in [2.05, 4.69) is 47.4 Å². The molecule has 0 fully saturated rings. The Kier molecular flexibility index (Phi) is 6.82. The summed E-state index contributed by atoms with van der Waals surface area (Å²) >= 11 is 5.84. The smallest absolute Gasteiger partial charge is 0.258 e. The molecule has 1 aliphatic rings. The molecule has 2 heterocycles. The van der Waals surface area contributed by atoms with E-state index in [1.54, 1.807) is 0 Å². The van der Waals surface area contributed by atoms with Gasteiger partial charge in [-0.2, -0.15) is 4.98 Å². The van der Waals surface area contributed by atoms with E-state index >= 15 is 0 Å². The van der Waals surface area contributed by atoms with Crippen LogP contribution in [-0.4, -0.2) is 26.8 Å². The van der Waals surface area contributed by atoms with Gasteiger partial charge in [-0.25, -0.2) is 0 Å². The number of hydrogen-bond acceptors (Lipinski definition) is 5. The van der Waals surface area contributed by atoms with E-state index < -0.39 is 0 Å². The van der Waals surface area contributed by atoms with Gasteiger partial charge in [-0.1, -0.05) is 77.5 Å². The monoisotopic (exact) mass is 496 g/mol. The Morgan fingerprint density at radius 2 is 1.78 bits per heavy atom. The van der Waals surface area contributed by atoms with Crippen LogP contribution in [0.4, 0.5) is 0 Å². The highest BCUT2D eigenvalue weighted by molar-refractivity contribution is 7.80. The highest BCUT2D eigenvalue weighted by Gasteiger charge is 2.34. The fourth-order valence-corrected chi connectivity index (χ4v) is 4.70. The number of aromatic nitrogens is 2. The van der Waals surface area contributed by atoms with Crippen LogP contribution in [0.5, 0.6) is 5.75 Å². The van der Waals surface area contributed by atoms with Crippen molar-refractivity contribution in [2.75, 3.05) is 6.61 Å². The summed E-state index contributed by atoms with van der Waals surface area (Å²) in [4.78, 5) is 6.87. The molecule has 1 N–H and O–H groups in total. The van der Waals surface area contributed by atoms with E-state index in [4.69, 9.17) is 26.5 Å². The lowest BCUT2D eigenvalue weighted by atomic mass is 9.94. The molecule has 182 valence electrons. The van der Waals surface area contributed by atoms with Crippen LogP contribution in [0.3, 0.4) is 0 Å². The highest BCUT2D eigenvalue weighted by atomic mass is 32.1. The molecule has 1 unspecified atom stereocenters. The zero-order valence-electron chi connectivity index (χ0n) is 20.6. The first-order valence-corrected chi connectivity index (χ1v) is 12.4. The summed E-state index contributed by atoms with van der Waals surface area (Å²) in [6.45, 7) is 7.30. The Labute approximate surface area is 216 Å². The molecule has 0 saturated heterocycles. The van der Waals surface area contributed by atoms with Crippen LogP contribution in [-0.2, 0) is 6.54 Å². The van der Waals surface area contributed by atoms with Gasteiger partial charge in [0.15, 0.2) is 5.11 Å². The van der Waals surface area contributed by atoms with Gasteiger partial charge in [0.1, 0.15) is 5.75 Å². The number of ether oxygens (including phenoxy) is 1. The second kappa shape index (κ2) is 10.3. The third-order valence-corrected chi connectivity index (χ3v) is 6.58. The molecule has 0 amide bonds. The van der Waals surface area contributed by atoms with Crippen molar-refractivity contribution >= 4 is 22.9 Å². The van der Waals surface area contributed by atoms with Crippen LogP contribution in [0.1, 0.15) is 42.5 Å². The SMILES string of the molecule is CCOc1cccc(CN2C(=S)NC(c3ccccc3)C(c3nc(-c4ccc(C)cc4)no3)=C2C)c1. The second-order valence-electron chi connectivity index (χ2n) is 8.75.